The molecule has 0 saturated carbocycles. The number of benzene rings is 1. The highest BCUT2D eigenvalue weighted by Crippen LogP contribution is 2.39. The molecule has 13 heavy (non-hydrogen) atoms. The summed E-state index contributed by atoms with van der Waals surface area (Å²) in [7, 11) is 0. The number of hydrogen-bond donors (Lipinski definition) is 1. The molecule has 70 valence electrons. The molecule has 1 aliphatic rings. The maximum atomic E-state index is 5.92. The summed E-state index contributed by atoms with van der Waals surface area (Å²) in [5.41, 5.74) is 7.16. The molecule has 1 aliphatic heterocycles. The lowest BCUT2D eigenvalue weighted by molar-refractivity contribution is 0.700. The van der Waals surface area contributed by atoms with E-state index in [1.54, 1.807) is 0 Å². The highest BCUT2D eigenvalue weighted by atomic mass is 35.5. The van der Waals surface area contributed by atoms with Crippen molar-refractivity contribution in [3.8, 4) is 0 Å². The highest BCUT2D eigenvalue weighted by Gasteiger charge is 2.23. The van der Waals surface area contributed by atoms with E-state index in [1.165, 1.54) is 5.56 Å². The highest BCUT2D eigenvalue weighted by molar-refractivity contribution is 7.99. The van der Waals surface area contributed by atoms with E-state index >= 15 is 0 Å². The van der Waals surface area contributed by atoms with Crippen LogP contribution in [-0.2, 0) is 0 Å². The number of rotatable bonds is 1. The zero-order chi connectivity index (χ0) is 9.26. The van der Waals surface area contributed by atoms with Gasteiger partial charge in [-0.1, -0.05) is 23.7 Å². The van der Waals surface area contributed by atoms with Crippen molar-refractivity contribution >= 4 is 23.4 Å². The van der Waals surface area contributed by atoms with Gasteiger partial charge >= 0.3 is 0 Å². The molecule has 2 unspecified atom stereocenters. The summed E-state index contributed by atoms with van der Waals surface area (Å²) in [6, 6.07) is 8.43. The molecule has 1 saturated heterocycles. The second-order valence-corrected chi connectivity index (χ2v) is 5.04. The molecule has 0 radical (unpaired) electrons. The molecule has 0 amide bonds. The first-order chi connectivity index (χ1) is 6.25. The number of halogens is 1. The topological polar surface area (TPSA) is 26.0 Å². The maximum Gasteiger partial charge on any atom is 0.0409 e. The number of hydrogen-bond acceptors (Lipinski definition) is 2. The minimum atomic E-state index is 0.356. The van der Waals surface area contributed by atoms with Gasteiger partial charge in [0.05, 0.1) is 0 Å². The molecule has 1 heterocycles. The summed E-state index contributed by atoms with van der Waals surface area (Å²) < 4.78 is 0. The maximum absolute atomic E-state index is 5.92. The Hall–Kier alpha value is -0.180. The van der Waals surface area contributed by atoms with Gasteiger partial charge in [0.25, 0.3) is 0 Å². The Bertz CT molecular complexity index is 303. The van der Waals surface area contributed by atoms with Crippen molar-refractivity contribution in [2.45, 2.75) is 17.7 Å². The van der Waals surface area contributed by atoms with Crippen LogP contribution >= 0.6 is 23.4 Å². The van der Waals surface area contributed by atoms with Crippen LogP contribution in [0, 0.1) is 0 Å². The van der Waals surface area contributed by atoms with E-state index in [0.29, 0.717) is 11.3 Å². The van der Waals surface area contributed by atoms with Gasteiger partial charge in [-0.05, 0) is 24.1 Å². The van der Waals surface area contributed by atoms with Crippen LogP contribution in [0.5, 0.6) is 0 Å². The van der Waals surface area contributed by atoms with E-state index in [1.807, 2.05) is 30.0 Å². The van der Waals surface area contributed by atoms with E-state index in [4.69, 9.17) is 17.3 Å². The predicted octanol–water partition coefficient (Wildman–Crippen LogP) is 2.85. The summed E-state index contributed by atoms with van der Waals surface area (Å²) in [4.78, 5) is 0. The Morgan fingerprint density at radius 2 is 2.31 bits per heavy atom. The van der Waals surface area contributed by atoms with Crippen LogP contribution in [-0.4, -0.2) is 11.8 Å². The van der Waals surface area contributed by atoms with Gasteiger partial charge in [-0.15, -0.1) is 0 Å². The molecule has 0 aromatic heterocycles. The molecule has 3 heteroatoms. The van der Waals surface area contributed by atoms with Crippen molar-refractivity contribution in [2.75, 3.05) is 5.75 Å². The largest absolute Gasteiger partial charge is 0.327 e. The Morgan fingerprint density at radius 1 is 1.46 bits per heavy atom. The fourth-order valence-corrected chi connectivity index (χ4v) is 3.13. The zero-order valence-electron chi connectivity index (χ0n) is 7.24. The van der Waals surface area contributed by atoms with Crippen molar-refractivity contribution < 1.29 is 0 Å². The van der Waals surface area contributed by atoms with Gasteiger partial charge in [0.1, 0.15) is 0 Å². The number of thioether (sulfide) groups is 1. The van der Waals surface area contributed by atoms with Crippen molar-refractivity contribution in [2.24, 2.45) is 5.73 Å². The van der Waals surface area contributed by atoms with Gasteiger partial charge < -0.3 is 5.73 Å². The Morgan fingerprint density at radius 3 is 2.92 bits per heavy atom. The summed E-state index contributed by atoms with van der Waals surface area (Å²) in [6.07, 6.45) is 1.07. The Balaban J connectivity index is 2.16. The molecular weight excluding hydrogens is 202 g/mol. The van der Waals surface area contributed by atoms with E-state index < -0.39 is 0 Å². The smallest absolute Gasteiger partial charge is 0.0409 e. The van der Waals surface area contributed by atoms with Crippen LogP contribution in [0.1, 0.15) is 17.2 Å². The van der Waals surface area contributed by atoms with E-state index in [0.717, 1.165) is 17.2 Å². The summed E-state index contributed by atoms with van der Waals surface area (Å²) in [5, 5.41) is 1.37. The minimum absolute atomic E-state index is 0.356. The molecule has 0 aliphatic carbocycles. The van der Waals surface area contributed by atoms with Gasteiger partial charge in [0.2, 0.25) is 0 Å². The lowest BCUT2D eigenvalue weighted by Crippen LogP contribution is -2.17. The lowest BCUT2D eigenvalue weighted by atomic mass is 10.1. The Kier molecular flexibility index (Phi) is 2.82. The van der Waals surface area contributed by atoms with Gasteiger partial charge in [-0.25, -0.2) is 0 Å². The standard InChI is InChI=1S/C10H12ClNS/c11-8-3-1-2-7(4-8)10-5-9(12)6-13-10/h1-4,9-10H,5-6,12H2. The molecule has 2 atom stereocenters. The molecule has 1 fully saturated rings. The summed E-state index contributed by atoms with van der Waals surface area (Å²) in [5.74, 6) is 1.07. The first-order valence-electron chi connectivity index (χ1n) is 4.38. The normalized spacial score (nSPS) is 27.8. The van der Waals surface area contributed by atoms with E-state index in [-0.39, 0.29) is 0 Å². The third kappa shape index (κ3) is 2.19. The fraction of sp³-hybridized carbons (Fsp3) is 0.400. The average molecular weight is 214 g/mol. The Labute approximate surface area is 87.7 Å². The van der Waals surface area contributed by atoms with Crippen molar-refractivity contribution in [3.63, 3.8) is 0 Å². The lowest BCUT2D eigenvalue weighted by Gasteiger charge is -2.08. The molecular formula is C10H12ClNS. The first kappa shape index (κ1) is 9.38. The van der Waals surface area contributed by atoms with Crippen LogP contribution in [0.25, 0.3) is 0 Å². The molecule has 2 rings (SSSR count). The summed E-state index contributed by atoms with van der Waals surface area (Å²) >= 11 is 7.85. The van der Waals surface area contributed by atoms with Gasteiger partial charge in [-0.2, -0.15) is 11.8 Å². The van der Waals surface area contributed by atoms with Gasteiger partial charge in [0, 0.05) is 22.1 Å². The van der Waals surface area contributed by atoms with Gasteiger partial charge in [-0.3, -0.25) is 0 Å². The monoisotopic (exact) mass is 213 g/mol. The van der Waals surface area contributed by atoms with Crippen LogP contribution in [0.15, 0.2) is 24.3 Å². The molecule has 0 bridgehead atoms. The van der Waals surface area contributed by atoms with Gasteiger partial charge in [0.15, 0.2) is 0 Å². The average Bonchev–Trinajstić information content (AvgIpc) is 2.52. The minimum Gasteiger partial charge on any atom is -0.327 e. The second kappa shape index (κ2) is 3.91. The van der Waals surface area contributed by atoms with Crippen molar-refractivity contribution in [1.29, 1.82) is 0 Å². The number of nitrogens with two attached hydrogens (primary N) is 1. The molecule has 0 spiro atoms. The molecule has 1 nitrogen and oxygen atoms in total. The van der Waals surface area contributed by atoms with Crippen LogP contribution in [0.4, 0.5) is 0 Å². The summed E-state index contributed by atoms with van der Waals surface area (Å²) in [6.45, 7) is 0. The molecule has 2 N–H and O–H groups in total. The SMILES string of the molecule is NC1CSC(c2cccc(Cl)c2)C1. The molecule has 1 aromatic carbocycles. The quantitative estimate of drug-likeness (QED) is 0.777. The van der Waals surface area contributed by atoms with E-state index in [9.17, 15) is 0 Å². The van der Waals surface area contributed by atoms with Crippen LogP contribution in [0.2, 0.25) is 5.02 Å². The second-order valence-electron chi connectivity index (χ2n) is 3.37. The van der Waals surface area contributed by atoms with Crippen LogP contribution in [0.3, 0.4) is 0 Å². The van der Waals surface area contributed by atoms with Crippen LogP contribution < -0.4 is 5.73 Å². The zero-order valence-corrected chi connectivity index (χ0v) is 8.81. The van der Waals surface area contributed by atoms with Crippen molar-refractivity contribution in [1.82, 2.24) is 0 Å². The fourth-order valence-electron chi connectivity index (χ4n) is 1.59. The third-order valence-electron chi connectivity index (χ3n) is 2.25. The first-order valence-corrected chi connectivity index (χ1v) is 5.81. The predicted molar refractivity (Wildman–Crippen MR) is 59.2 cm³/mol. The van der Waals surface area contributed by atoms with E-state index in [2.05, 4.69) is 6.07 Å². The molecule has 1 aromatic rings. The van der Waals surface area contributed by atoms with Crippen molar-refractivity contribution in [3.05, 3.63) is 34.9 Å². The third-order valence-corrected chi connectivity index (χ3v) is 3.97.